The highest BCUT2D eigenvalue weighted by Crippen LogP contribution is 2.22. The van der Waals surface area contributed by atoms with E-state index in [-0.39, 0.29) is 12.1 Å². The fourth-order valence-electron chi connectivity index (χ4n) is 3.43. The highest BCUT2D eigenvalue weighted by Gasteiger charge is 2.24. The molecule has 0 saturated heterocycles. The summed E-state index contributed by atoms with van der Waals surface area (Å²) in [5, 5.41) is 3.76. The molecule has 1 aliphatic rings. The van der Waals surface area contributed by atoms with Gasteiger partial charge in [0.05, 0.1) is 18.3 Å². The van der Waals surface area contributed by atoms with Crippen LogP contribution in [0.4, 0.5) is 4.79 Å². The number of carbonyl (C=O) groups excluding carboxylic acids is 1. The molecule has 1 aliphatic heterocycles. The molecule has 2 heterocycles. The summed E-state index contributed by atoms with van der Waals surface area (Å²) in [4.78, 5) is 23.9. The van der Waals surface area contributed by atoms with E-state index in [2.05, 4.69) is 24.1 Å². The molecule has 0 bridgehead atoms. The third-order valence-electron chi connectivity index (χ3n) is 4.88. The maximum Gasteiger partial charge on any atom is 0.318 e. The molecule has 0 aliphatic carbocycles. The van der Waals surface area contributed by atoms with Crippen LogP contribution in [-0.2, 0) is 19.4 Å². The lowest BCUT2D eigenvalue weighted by Crippen LogP contribution is -2.44. The highest BCUT2D eigenvalue weighted by molar-refractivity contribution is 6.30. The standard InChI is InChI=1S/C21H28ClN5O/c1-14(2)10-20-24-12-16-7-9-27(13-19(16)25-20)21(28)26-18(6-8-23)15-4-3-5-17(22)11-15/h3-5,11-12,14,18H,6-10,13,23H2,1-2H3,(H,26,28). The zero-order chi connectivity index (χ0) is 20.1. The quantitative estimate of drug-likeness (QED) is 0.775. The molecule has 2 aromatic rings. The van der Waals surface area contributed by atoms with Crippen LogP contribution in [0, 0.1) is 5.92 Å². The Morgan fingerprint density at radius 2 is 2.21 bits per heavy atom. The Bertz CT molecular complexity index is 826. The van der Waals surface area contributed by atoms with Crippen molar-refractivity contribution in [3.05, 3.63) is 58.1 Å². The number of urea groups is 1. The SMILES string of the molecule is CC(C)Cc1ncc2c(n1)CN(C(=O)NC(CCN)c1cccc(Cl)c1)CC2. The summed E-state index contributed by atoms with van der Waals surface area (Å²) in [5.41, 5.74) is 8.81. The Labute approximate surface area is 171 Å². The lowest BCUT2D eigenvalue weighted by molar-refractivity contribution is 0.186. The van der Waals surface area contributed by atoms with Crippen molar-refractivity contribution in [3.63, 3.8) is 0 Å². The molecule has 2 amide bonds. The number of aromatic nitrogens is 2. The minimum absolute atomic E-state index is 0.104. The number of amides is 2. The van der Waals surface area contributed by atoms with Gasteiger partial charge in [0.15, 0.2) is 0 Å². The molecule has 1 unspecified atom stereocenters. The third-order valence-corrected chi connectivity index (χ3v) is 5.11. The van der Waals surface area contributed by atoms with Gasteiger partial charge in [-0.3, -0.25) is 0 Å². The summed E-state index contributed by atoms with van der Waals surface area (Å²) in [6.45, 7) is 5.92. The molecule has 0 saturated carbocycles. The second-order valence-corrected chi connectivity index (χ2v) is 8.10. The van der Waals surface area contributed by atoms with Gasteiger partial charge in [-0.2, -0.15) is 0 Å². The van der Waals surface area contributed by atoms with E-state index >= 15 is 0 Å². The summed E-state index contributed by atoms with van der Waals surface area (Å²) in [5.74, 6) is 1.34. The van der Waals surface area contributed by atoms with Gasteiger partial charge in [0.2, 0.25) is 0 Å². The van der Waals surface area contributed by atoms with Crippen molar-refractivity contribution in [1.82, 2.24) is 20.2 Å². The third kappa shape index (κ3) is 5.20. The molecule has 0 spiro atoms. The second-order valence-electron chi connectivity index (χ2n) is 7.66. The van der Waals surface area contributed by atoms with Crippen molar-refractivity contribution in [1.29, 1.82) is 0 Å². The molecule has 0 fully saturated rings. The number of nitrogens with one attached hydrogen (secondary N) is 1. The van der Waals surface area contributed by atoms with Crippen molar-refractivity contribution < 1.29 is 4.79 Å². The smallest absolute Gasteiger partial charge is 0.318 e. The van der Waals surface area contributed by atoms with Crippen LogP contribution in [0.15, 0.2) is 30.5 Å². The lowest BCUT2D eigenvalue weighted by atomic mass is 10.0. The molecule has 28 heavy (non-hydrogen) atoms. The van der Waals surface area contributed by atoms with Gasteiger partial charge >= 0.3 is 6.03 Å². The topological polar surface area (TPSA) is 84.1 Å². The van der Waals surface area contributed by atoms with Crippen LogP contribution in [0.2, 0.25) is 5.02 Å². The van der Waals surface area contributed by atoms with Crippen LogP contribution in [0.3, 0.4) is 0 Å². The van der Waals surface area contributed by atoms with E-state index in [9.17, 15) is 4.79 Å². The van der Waals surface area contributed by atoms with Crippen LogP contribution in [0.1, 0.15) is 49.0 Å². The van der Waals surface area contributed by atoms with E-state index in [1.807, 2.05) is 35.4 Å². The molecule has 3 rings (SSSR count). The van der Waals surface area contributed by atoms with E-state index in [4.69, 9.17) is 22.3 Å². The fraction of sp³-hybridized carbons (Fsp3) is 0.476. The molecule has 1 atom stereocenters. The molecule has 3 N–H and O–H groups in total. The van der Waals surface area contributed by atoms with E-state index in [0.717, 1.165) is 35.5 Å². The van der Waals surface area contributed by atoms with E-state index in [1.165, 1.54) is 0 Å². The molecular formula is C21H28ClN5O. The summed E-state index contributed by atoms with van der Waals surface area (Å²) in [6, 6.07) is 7.27. The Hall–Kier alpha value is -2.18. The van der Waals surface area contributed by atoms with Gasteiger partial charge in [0.1, 0.15) is 5.82 Å². The summed E-state index contributed by atoms with van der Waals surface area (Å²) < 4.78 is 0. The van der Waals surface area contributed by atoms with Crippen molar-refractivity contribution >= 4 is 17.6 Å². The van der Waals surface area contributed by atoms with Crippen LogP contribution < -0.4 is 11.1 Å². The van der Waals surface area contributed by atoms with Gasteiger partial charge in [-0.05, 0) is 48.6 Å². The van der Waals surface area contributed by atoms with E-state index in [0.29, 0.717) is 37.0 Å². The van der Waals surface area contributed by atoms with Gasteiger partial charge in [0, 0.05) is 24.2 Å². The summed E-state index contributed by atoms with van der Waals surface area (Å²) in [7, 11) is 0. The first-order valence-corrected chi connectivity index (χ1v) is 10.2. The second kappa shape index (κ2) is 9.34. The van der Waals surface area contributed by atoms with E-state index in [1.54, 1.807) is 0 Å². The predicted molar refractivity (Wildman–Crippen MR) is 111 cm³/mol. The fourth-order valence-corrected chi connectivity index (χ4v) is 3.63. The zero-order valence-corrected chi connectivity index (χ0v) is 17.2. The molecule has 7 heteroatoms. The van der Waals surface area contributed by atoms with Gasteiger partial charge < -0.3 is 16.0 Å². The zero-order valence-electron chi connectivity index (χ0n) is 16.5. The highest BCUT2D eigenvalue weighted by atomic mass is 35.5. The Morgan fingerprint density at radius 1 is 1.39 bits per heavy atom. The van der Waals surface area contributed by atoms with Crippen molar-refractivity contribution in [2.75, 3.05) is 13.1 Å². The largest absolute Gasteiger partial charge is 0.331 e. The Kier molecular flexibility index (Phi) is 6.86. The van der Waals surface area contributed by atoms with Crippen molar-refractivity contribution in [2.24, 2.45) is 11.7 Å². The van der Waals surface area contributed by atoms with Gasteiger partial charge in [-0.1, -0.05) is 37.6 Å². The minimum atomic E-state index is -0.167. The maximum atomic E-state index is 12.9. The van der Waals surface area contributed by atoms with Gasteiger partial charge in [-0.25, -0.2) is 14.8 Å². The number of rotatable bonds is 6. The van der Waals surface area contributed by atoms with Crippen LogP contribution in [-0.4, -0.2) is 34.0 Å². The first-order valence-electron chi connectivity index (χ1n) is 9.81. The van der Waals surface area contributed by atoms with Gasteiger partial charge in [-0.15, -0.1) is 0 Å². The summed E-state index contributed by atoms with van der Waals surface area (Å²) >= 11 is 6.11. The number of hydrogen-bond acceptors (Lipinski definition) is 4. The van der Waals surface area contributed by atoms with E-state index < -0.39 is 0 Å². The first-order chi connectivity index (χ1) is 13.5. The first kappa shape index (κ1) is 20.6. The molecular weight excluding hydrogens is 374 g/mol. The van der Waals surface area contributed by atoms with Crippen molar-refractivity contribution in [2.45, 2.75) is 45.7 Å². The number of nitrogens with zero attached hydrogens (tertiary/aromatic N) is 3. The minimum Gasteiger partial charge on any atom is -0.331 e. The van der Waals surface area contributed by atoms with Crippen molar-refractivity contribution in [3.8, 4) is 0 Å². The average molecular weight is 402 g/mol. The maximum absolute atomic E-state index is 12.9. The number of hydrogen-bond donors (Lipinski definition) is 2. The van der Waals surface area contributed by atoms with Crippen LogP contribution in [0.5, 0.6) is 0 Å². The average Bonchev–Trinajstić information content (AvgIpc) is 2.66. The number of carbonyl (C=O) groups is 1. The Morgan fingerprint density at radius 3 is 2.93 bits per heavy atom. The number of halogens is 1. The molecule has 1 aromatic carbocycles. The lowest BCUT2D eigenvalue weighted by Gasteiger charge is -2.30. The number of benzene rings is 1. The predicted octanol–water partition coefficient (Wildman–Crippen LogP) is 3.49. The Balaban J connectivity index is 1.70. The molecule has 6 nitrogen and oxygen atoms in total. The normalized spacial score (nSPS) is 14.7. The molecule has 150 valence electrons. The number of nitrogens with two attached hydrogens (primary N) is 1. The number of fused-ring (bicyclic) bond motifs is 1. The van der Waals surface area contributed by atoms with Crippen LogP contribution in [0.25, 0.3) is 0 Å². The molecule has 1 aromatic heterocycles. The van der Waals surface area contributed by atoms with Gasteiger partial charge in [0.25, 0.3) is 0 Å². The monoisotopic (exact) mass is 401 g/mol. The van der Waals surface area contributed by atoms with Crippen LogP contribution >= 0.6 is 11.6 Å². The summed E-state index contributed by atoms with van der Waals surface area (Å²) in [6.07, 6.45) is 4.17. The molecule has 0 radical (unpaired) electrons.